The van der Waals surface area contributed by atoms with E-state index in [1.165, 1.54) is 38.8 Å². The van der Waals surface area contributed by atoms with Crippen molar-refractivity contribution in [3.05, 3.63) is 24.3 Å². The van der Waals surface area contributed by atoms with Crippen molar-refractivity contribution < 1.29 is 14.3 Å². The van der Waals surface area contributed by atoms with Crippen LogP contribution in [0.1, 0.15) is 58.3 Å². The second kappa shape index (κ2) is 12.7. The molecular weight excluding hydrogens is 378 g/mol. The van der Waals surface area contributed by atoms with Gasteiger partial charge in [-0.3, -0.25) is 4.90 Å². The Morgan fingerprint density at radius 2 is 1.70 bits per heavy atom. The Balaban J connectivity index is 1.33. The summed E-state index contributed by atoms with van der Waals surface area (Å²) in [5.41, 5.74) is 1.11. The maximum Gasteiger partial charge on any atom is 0.409 e. The molecule has 0 unspecified atom stereocenters. The van der Waals surface area contributed by atoms with E-state index in [4.69, 9.17) is 9.47 Å². The van der Waals surface area contributed by atoms with Gasteiger partial charge < -0.3 is 19.7 Å². The number of carbonyl (C=O) groups is 1. The summed E-state index contributed by atoms with van der Waals surface area (Å²) in [5, 5.41) is 3.59. The second-order valence-corrected chi connectivity index (χ2v) is 8.50. The van der Waals surface area contributed by atoms with Crippen LogP contribution in [0.4, 0.5) is 10.5 Å². The summed E-state index contributed by atoms with van der Waals surface area (Å²) in [6, 6.07) is 8.66. The van der Waals surface area contributed by atoms with Crippen LogP contribution in [-0.2, 0) is 4.74 Å². The Morgan fingerprint density at radius 3 is 2.37 bits per heavy atom. The number of hydrogen-bond acceptors (Lipinski definition) is 5. The Labute approximate surface area is 181 Å². The number of benzene rings is 1. The molecule has 1 amide bonds. The smallest absolute Gasteiger partial charge is 0.409 e. The molecule has 1 aromatic carbocycles. The molecule has 0 spiro atoms. The van der Waals surface area contributed by atoms with Crippen molar-refractivity contribution in [1.29, 1.82) is 0 Å². The predicted octanol–water partition coefficient (Wildman–Crippen LogP) is 4.75. The highest BCUT2D eigenvalue weighted by Gasteiger charge is 2.23. The normalized spacial score (nSPS) is 18.6. The van der Waals surface area contributed by atoms with E-state index in [2.05, 4.69) is 29.3 Å². The van der Waals surface area contributed by atoms with Crippen LogP contribution in [0.25, 0.3) is 0 Å². The van der Waals surface area contributed by atoms with Crippen LogP contribution in [0.15, 0.2) is 24.3 Å². The molecule has 2 heterocycles. The Hall–Kier alpha value is -1.95. The van der Waals surface area contributed by atoms with Gasteiger partial charge in [0.2, 0.25) is 0 Å². The maximum atomic E-state index is 12.0. The number of ether oxygens (including phenoxy) is 2. The molecule has 1 aromatic rings. The van der Waals surface area contributed by atoms with Gasteiger partial charge in [0.1, 0.15) is 12.4 Å². The Bertz CT molecular complexity index is 607. The van der Waals surface area contributed by atoms with Crippen molar-refractivity contribution in [3.63, 3.8) is 0 Å². The summed E-state index contributed by atoms with van der Waals surface area (Å²) in [5.74, 6) is 0.931. The van der Waals surface area contributed by atoms with Crippen LogP contribution >= 0.6 is 0 Å². The third kappa shape index (κ3) is 7.71. The topological polar surface area (TPSA) is 54.0 Å². The van der Waals surface area contributed by atoms with Crippen molar-refractivity contribution in [2.24, 2.45) is 0 Å². The fourth-order valence-corrected chi connectivity index (χ4v) is 4.14. The maximum absolute atomic E-state index is 12.0. The first-order valence-corrected chi connectivity index (χ1v) is 11.9. The lowest BCUT2D eigenvalue weighted by Crippen LogP contribution is -2.42. The highest BCUT2D eigenvalue weighted by molar-refractivity contribution is 5.67. The zero-order valence-electron chi connectivity index (χ0n) is 18.6. The fraction of sp³-hybridized carbons (Fsp3) is 0.708. The van der Waals surface area contributed by atoms with E-state index >= 15 is 0 Å². The summed E-state index contributed by atoms with van der Waals surface area (Å²) in [7, 11) is 0. The van der Waals surface area contributed by atoms with Gasteiger partial charge in [-0.25, -0.2) is 4.79 Å². The third-order valence-electron chi connectivity index (χ3n) is 6.08. The molecule has 2 saturated heterocycles. The van der Waals surface area contributed by atoms with Gasteiger partial charge in [0.05, 0.1) is 6.61 Å². The first-order chi connectivity index (χ1) is 14.7. The van der Waals surface area contributed by atoms with Crippen molar-refractivity contribution in [1.82, 2.24) is 9.80 Å². The largest absolute Gasteiger partial charge is 0.492 e. The van der Waals surface area contributed by atoms with Gasteiger partial charge in [-0.15, -0.1) is 0 Å². The molecule has 1 N–H and O–H groups in total. The number of amides is 1. The lowest BCUT2D eigenvalue weighted by molar-refractivity contribution is 0.0928. The molecule has 30 heavy (non-hydrogen) atoms. The van der Waals surface area contributed by atoms with E-state index in [9.17, 15) is 4.79 Å². The molecule has 6 heteroatoms. The number of unbranched alkanes of at least 4 members (excludes halogenated alkanes) is 1. The van der Waals surface area contributed by atoms with Gasteiger partial charge in [-0.05, 0) is 69.5 Å². The van der Waals surface area contributed by atoms with Gasteiger partial charge in [0, 0.05) is 31.4 Å². The Kier molecular flexibility index (Phi) is 9.61. The molecule has 2 aliphatic rings. The fourth-order valence-electron chi connectivity index (χ4n) is 4.14. The first kappa shape index (κ1) is 22.7. The molecule has 2 fully saturated rings. The quantitative estimate of drug-likeness (QED) is 0.588. The van der Waals surface area contributed by atoms with E-state index in [1.807, 2.05) is 17.0 Å². The number of nitrogens with zero attached hydrogens (tertiary/aromatic N) is 2. The molecule has 3 rings (SSSR count). The van der Waals surface area contributed by atoms with Crippen molar-refractivity contribution in [2.45, 2.75) is 64.3 Å². The average Bonchev–Trinajstić information content (AvgIpc) is 3.04. The molecule has 6 nitrogen and oxygen atoms in total. The number of nitrogens with one attached hydrogen (secondary N) is 1. The van der Waals surface area contributed by atoms with Crippen molar-refractivity contribution in [3.8, 4) is 5.75 Å². The summed E-state index contributed by atoms with van der Waals surface area (Å²) in [6.45, 7) is 8.31. The molecule has 0 saturated carbocycles. The number of likely N-dealkylation sites (tertiary alicyclic amines) is 2. The molecule has 168 valence electrons. The minimum atomic E-state index is -0.163. The first-order valence-electron chi connectivity index (χ1n) is 11.9. The zero-order chi connectivity index (χ0) is 21.0. The van der Waals surface area contributed by atoms with Gasteiger partial charge in [-0.1, -0.05) is 26.2 Å². The minimum Gasteiger partial charge on any atom is -0.492 e. The molecule has 0 aliphatic carbocycles. The Morgan fingerprint density at radius 1 is 1.00 bits per heavy atom. The minimum absolute atomic E-state index is 0.163. The number of rotatable bonds is 9. The van der Waals surface area contributed by atoms with E-state index in [1.54, 1.807) is 0 Å². The monoisotopic (exact) mass is 417 g/mol. The molecular formula is C24H39N3O3. The molecule has 0 atom stereocenters. The summed E-state index contributed by atoms with van der Waals surface area (Å²) in [4.78, 5) is 16.4. The second-order valence-electron chi connectivity index (χ2n) is 8.50. The van der Waals surface area contributed by atoms with Gasteiger partial charge >= 0.3 is 6.09 Å². The summed E-state index contributed by atoms with van der Waals surface area (Å²) in [6.07, 6.45) is 9.07. The van der Waals surface area contributed by atoms with Crippen LogP contribution in [0.3, 0.4) is 0 Å². The van der Waals surface area contributed by atoms with E-state index in [-0.39, 0.29) is 6.09 Å². The van der Waals surface area contributed by atoms with Gasteiger partial charge in [-0.2, -0.15) is 0 Å². The number of hydrogen-bond donors (Lipinski definition) is 1. The van der Waals surface area contributed by atoms with Crippen LogP contribution in [0, 0.1) is 0 Å². The molecule has 2 aliphatic heterocycles. The summed E-state index contributed by atoms with van der Waals surface area (Å²) >= 11 is 0. The number of anilines is 1. The average molecular weight is 418 g/mol. The van der Waals surface area contributed by atoms with Crippen LogP contribution in [-0.4, -0.2) is 67.9 Å². The number of piperidine rings is 1. The van der Waals surface area contributed by atoms with Crippen molar-refractivity contribution >= 4 is 11.8 Å². The third-order valence-corrected chi connectivity index (χ3v) is 6.08. The summed E-state index contributed by atoms with van der Waals surface area (Å²) < 4.78 is 11.3. The van der Waals surface area contributed by atoms with Crippen LogP contribution in [0.2, 0.25) is 0 Å². The predicted molar refractivity (Wildman–Crippen MR) is 121 cm³/mol. The highest BCUT2D eigenvalue weighted by atomic mass is 16.6. The zero-order valence-corrected chi connectivity index (χ0v) is 18.6. The van der Waals surface area contributed by atoms with Crippen LogP contribution < -0.4 is 10.1 Å². The van der Waals surface area contributed by atoms with E-state index < -0.39 is 0 Å². The van der Waals surface area contributed by atoms with Gasteiger partial charge in [0.25, 0.3) is 0 Å². The van der Waals surface area contributed by atoms with Gasteiger partial charge in [0.15, 0.2) is 0 Å². The number of carbonyl (C=O) groups excluding carboxylic acids is 1. The SMILES string of the molecule is CCCCOC(=O)N1CCC(Nc2ccc(OCCN3CCCCCC3)cc2)CC1. The lowest BCUT2D eigenvalue weighted by atomic mass is 10.1. The molecule has 0 radical (unpaired) electrons. The lowest BCUT2D eigenvalue weighted by Gasteiger charge is -2.32. The standard InChI is InChI=1S/C24H39N3O3/c1-2-3-19-30-24(28)27-16-12-22(13-17-27)25-21-8-10-23(11-9-21)29-20-18-26-14-6-4-5-7-15-26/h8-11,22,25H,2-7,12-20H2,1H3. The highest BCUT2D eigenvalue weighted by Crippen LogP contribution is 2.20. The van der Waals surface area contributed by atoms with E-state index in [0.717, 1.165) is 63.4 Å². The van der Waals surface area contributed by atoms with E-state index in [0.29, 0.717) is 12.6 Å². The van der Waals surface area contributed by atoms with Crippen molar-refractivity contribution in [2.75, 3.05) is 51.3 Å². The molecule has 0 aromatic heterocycles. The van der Waals surface area contributed by atoms with Crippen LogP contribution in [0.5, 0.6) is 5.75 Å². The molecule has 0 bridgehead atoms.